The minimum atomic E-state index is -0.216. The molecule has 1 heterocycles. The van der Waals surface area contributed by atoms with Gasteiger partial charge in [-0.2, -0.15) is 0 Å². The van der Waals surface area contributed by atoms with Crippen LogP contribution in [0.4, 0.5) is 0 Å². The number of thiazole rings is 1. The standard InChI is InChI=1S/C22H24N2O3S/c1-15-19(14-16-8-5-4-6-9-16)28-20(24-15)12-13-23-22(25)21-17(26-2)10-7-11-18(21)27-3/h4-11H,12-14H2,1-3H3,(H,23,25). The molecule has 2 aromatic carbocycles. The van der Waals surface area contributed by atoms with Gasteiger partial charge in [-0.1, -0.05) is 36.4 Å². The predicted octanol–water partition coefficient (Wildman–Crippen LogP) is 4.03. The molecule has 146 valence electrons. The first-order valence-electron chi connectivity index (χ1n) is 9.10. The summed E-state index contributed by atoms with van der Waals surface area (Å²) < 4.78 is 10.6. The summed E-state index contributed by atoms with van der Waals surface area (Å²) in [6.07, 6.45) is 1.57. The fourth-order valence-corrected chi connectivity index (χ4v) is 4.09. The molecule has 1 amide bonds. The molecule has 0 aliphatic carbocycles. The summed E-state index contributed by atoms with van der Waals surface area (Å²) in [4.78, 5) is 18.5. The van der Waals surface area contributed by atoms with Crippen molar-refractivity contribution in [2.45, 2.75) is 19.8 Å². The molecule has 6 heteroatoms. The molecule has 1 N–H and O–H groups in total. The molecule has 0 bridgehead atoms. The van der Waals surface area contributed by atoms with Gasteiger partial charge in [0.25, 0.3) is 5.91 Å². The molecule has 0 fully saturated rings. The highest BCUT2D eigenvalue weighted by atomic mass is 32.1. The third-order valence-corrected chi connectivity index (χ3v) is 5.64. The number of nitrogens with zero attached hydrogens (tertiary/aromatic N) is 1. The van der Waals surface area contributed by atoms with Crippen LogP contribution < -0.4 is 14.8 Å². The minimum absolute atomic E-state index is 0.216. The summed E-state index contributed by atoms with van der Waals surface area (Å²) in [5.74, 6) is 0.770. The largest absolute Gasteiger partial charge is 0.496 e. The zero-order chi connectivity index (χ0) is 19.9. The molecule has 1 aromatic heterocycles. The van der Waals surface area contributed by atoms with Crippen LogP contribution in [0.25, 0.3) is 0 Å². The highest BCUT2D eigenvalue weighted by Crippen LogP contribution is 2.28. The fourth-order valence-electron chi connectivity index (χ4n) is 2.99. The first kappa shape index (κ1) is 19.9. The number of benzene rings is 2. The lowest BCUT2D eigenvalue weighted by atomic mass is 10.1. The number of methoxy groups -OCH3 is 2. The summed E-state index contributed by atoms with van der Waals surface area (Å²) in [5.41, 5.74) is 2.74. The summed E-state index contributed by atoms with van der Waals surface area (Å²) in [7, 11) is 3.08. The van der Waals surface area contributed by atoms with Crippen molar-refractivity contribution in [1.82, 2.24) is 10.3 Å². The van der Waals surface area contributed by atoms with Crippen molar-refractivity contribution in [3.05, 3.63) is 75.2 Å². The lowest BCUT2D eigenvalue weighted by Gasteiger charge is -2.12. The molecule has 5 nitrogen and oxygen atoms in total. The Balaban J connectivity index is 1.61. The first-order valence-corrected chi connectivity index (χ1v) is 9.92. The molecule has 3 aromatic rings. The highest BCUT2D eigenvalue weighted by Gasteiger charge is 2.18. The lowest BCUT2D eigenvalue weighted by molar-refractivity contribution is 0.0948. The molecule has 3 rings (SSSR count). The minimum Gasteiger partial charge on any atom is -0.496 e. The zero-order valence-corrected chi connectivity index (χ0v) is 17.1. The summed E-state index contributed by atoms with van der Waals surface area (Å²) >= 11 is 1.71. The van der Waals surface area contributed by atoms with Gasteiger partial charge < -0.3 is 14.8 Å². The van der Waals surface area contributed by atoms with Crippen LogP contribution >= 0.6 is 11.3 Å². The molecule has 0 atom stereocenters. The topological polar surface area (TPSA) is 60.5 Å². The van der Waals surface area contributed by atoms with Crippen molar-refractivity contribution >= 4 is 17.2 Å². The molecule has 28 heavy (non-hydrogen) atoms. The number of amides is 1. The van der Waals surface area contributed by atoms with Crippen molar-refractivity contribution < 1.29 is 14.3 Å². The van der Waals surface area contributed by atoms with E-state index in [2.05, 4.69) is 22.4 Å². The zero-order valence-electron chi connectivity index (χ0n) is 16.3. The predicted molar refractivity (Wildman–Crippen MR) is 112 cm³/mol. The van der Waals surface area contributed by atoms with E-state index >= 15 is 0 Å². The van der Waals surface area contributed by atoms with Crippen molar-refractivity contribution in [3.63, 3.8) is 0 Å². The Morgan fingerprint density at radius 3 is 2.36 bits per heavy atom. The second kappa shape index (κ2) is 9.37. The molecule has 0 unspecified atom stereocenters. The Morgan fingerprint density at radius 1 is 1.04 bits per heavy atom. The SMILES string of the molecule is COc1cccc(OC)c1C(=O)NCCc1nc(C)c(Cc2ccccc2)s1. The Labute approximate surface area is 169 Å². The van der Waals surface area contributed by atoms with Crippen molar-refractivity contribution in [2.75, 3.05) is 20.8 Å². The average molecular weight is 397 g/mol. The summed E-state index contributed by atoms with van der Waals surface area (Å²) in [6, 6.07) is 15.7. The maximum Gasteiger partial charge on any atom is 0.258 e. The molecule has 0 spiro atoms. The Morgan fingerprint density at radius 2 is 1.71 bits per heavy atom. The van der Waals surface area contributed by atoms with Crippen LogP contribution in [0.15, 0.2) is 48.5 Å². The van der Waals surface area contributed by atoms with Crippen LogP contribution in [-0.2, 0) is 12.8 Å². The quantitative estimate of drug-likeness (QED) is 0.624. The number of hydrogen-bond acceptors (Lipinski definition) is 5. The van der Waals surface area contributed by atoms with Gasteiger partial charge >= 0.3 is 0 Å². The number of aryl methyl sites for hydroxylation is 1. The number of carbonyl (C=O) groups is 1. The maximum absolute atomic E-state index is 12.6. The van der Waals surface area contributed by atoms with Crippen LogP contribution in [0.2, 0.25) is 0 Å². The van der Waals surface area contributed by atoms with Crippen molar-refractivity contribution in [1.29, 1.82) is 0 Å². The van der Waals surface area contributed by atoms with Crippen LogP contribution in [0.5, 0.6) is 11.5 Å². The first-order chi connectivity index (χ1) is 13.6. The van der Waals surface area contributed by atoms with E-state index in [-0.39, 0.29) is 5.91 Å². The lowest BCUT2D eigenvalue weighted by Crippen LogP contribution is -2.26. The van der Waals surface area contributed by atoms with Crippen LogP contribution in [0, 0.1) is 6.92 Å². The van der Waals surface area contributed by atoms with Gasteiger partial charge in [-0.05, 0) is 24.6 Å². The maximum atomic E-state index is 12.6. The molecular formula is C22H24N2O3S. The summed E-state index contributed by atoms with van der Waals surface area (Å²) in [5, 5.41) is 3.97. The third-order valence-electron chi connectivity index (χ3n) is 4.42. The number of ether oxygens (including phenoxy) is 2. The Hall–Kier alpha value is -2.86. The van der Waals surface area contributed by atoms with Gasteiger partial charge in [0.1, 0.15) is 17.1 Å². The van der Waals surface area contributed by atoms with E-state index in [1.807, 2.05) is 25.1 Å². The van der Waals surface area contributed by atoms with E-state index in [1.165, 1.54) is 24.7 Å². The molecule has 0 aliphatic heterocycles. The normalized spacial score (nSPS) is 10.5. The van der Waals surface area contributed by atoms with Gasteiger partial charge in [-0.25, -0.2) is 4.98 Å². The summed E-state index contributed by atoms with van der Waals surface area (Å²) in [6.45, 7) is 2.54. The third kappa shape index (κ3) is 4.70. The monoisotopic (exact) mass is 396 g/mol. The van der Waals surface area contributed by atoms with Crippen LogP contribution in [-0.4, -0.2) is 31.7 Å². The molecular weight excluding hydrogens is 372 g/mol. The Bertz CT molecular complexity index is 916. The van der Waals surface area contributed by atoms with Gasteiger partial charge in [-0.3, -0.25) is 4.79 Å². The molecule has 0 saturated heterocycles. The highest BCUT2D eigenvalue weighted by molar-refractivity contribution is 7.11. The van der Waals surface area contributed by atoms with Crippen molar-refractivity contribution in [2.24, 2.45) is 0 Å². The number of rotatable bonds is 8. The number of hydrogen-bond donors (Lipinski definition) is 1. The molecule has 0 aliphatic rings. The second-order valence-corrected chi connectivity index (χ2v) is 7.49. The van der Waals surface area contributed by atoms with E-state index in [1.54, 1.807) is 29.5 Å². The van der Waals surface area contributed by atoms with E-state index in [9.17, 15) is 4.79 Å². The van der Waals surface area contributed by atoms with E-state index in [4.69, 9.17) is 9.47 Å². The fraction of sp³-hybridized carbons (Fsp3) is 0.273. The number of carbonyl (C=O) groups excluding carboxylic acids is 1. The number of aromatic nitrogens is 1. The smallest absolute Gasteiger partial charge is 0.258 e. The molecule has 0 radical (unpaired) electrons. The van der Waals surface area contributed by atoms with Gasteiger partial charge in [0.05, 0.1) is 24.9 Å². The van der Waals surface area contributed by atoms with E-state index in [0.717, 1.165) is 17.1 Å². The van der Waals surface area contributed by atoms with Gasteiger partial charge in [-0.15, -0.1) is 11.3 Å². The van der Waals surface area contributed by atoms with Gasteiger partial charge in [0.2, 0.25) is 0 Å². The van der Waals surface area contributed by atoms with Crippen molar-refractivity contribution in [3.8, 4) is 11.5 Å². The molecule has 0 saturated carbocycles. The van der Waals surface area contributed by atoms with Crippen LogP contribution in [0.3, 0.4) is 0 Å². The van der Waals surface area contributed by atoms with E-state index < -0.39 is 0 Å². The number of nitrogens with one attached hydrogen (secondary N) is 1. The van der Waals surface area contributed by atoms with Gasteiger partial charge in [0.15, 0.2) is 0 Å². The second-order valence-electron chi connectivity index (χ2n) is 6.32. The van der Waals surface area contributed by atoms with E-state index in [0.29, 0.717) is 30.0 Å². The average Bonchev–Trinajstić information content (AvgIpc) is 3.06. The van der Waals surface area contributed by atoms with Gasteiger partial charge in [0, 0.05) is 24.3 Å². The van der Waals surface area contributed by atoms with Crippen LogP contribution in [0.1, 0.15) is 31.5 Å². The Kier molecular flexibility index (Phi) is 6.66.